The van der Waals surface area contributed by atoms with Crippen LogP contribution in [0.15, 0.2) is 37.2 Å². The number of benzene rings is 1. The minimum Gasteiger partial charge on any atom is -0.495 e. The van der Waals surface area contributed by atoms with Crippen LogP contribution in [-0.4, -0.2) is 64.8 Å². The maximum atomic E-state index is 11.8. The quantitative estimate of drug-likeness (QED) is 0.336. The van der Waals surface area contributed by atoms with Gasteiger partial charge in [0.15, 0.2) is 5.65 Å². The van der Waals surface area contributed by atoms with Gasteiger partial charge in [0.25, 0.3) is 0 Å². The highest BCUT2D eigenvalue weighted by molar-refractivity contribution is 6.41. The molecule has 12 heteroatoms. The highest BCUT2D eigenvalue weighted by Gasteiger charge is 2.30. The number of hydrogen-bond acceptors (Lipinski definition) is 8. The van der Waals surface area contributed by atoms with Crippen LogP contribution in [0.1, 0.15) is 5.69 Å². The van der Waals surface area contributed by atoms with Crippen molar-refractivity contribution in [3.05, 3.63) is 52.9 Å². The summed E-state index contributed by atoms with van der Waals surface area (Å²) in [6.45, 7) is 6.17. The maximum absolute atomic E-state index is 11.8. The molecule has 3 aromatic heterocycles. The first-order chi connectivity index (χ1) is 17.8. The molecule has 4 aromatic rings. The lowest BCUT2D eigenvalue weighted by Gasteiger charge is -2.20. The SMILES string of the molecule is C=CC(=O)N[C@@H]1COC[C@@H]1Nc1ncc2cc(-c3c(Cl)c(OC)cc(OC)c3Cl)c3nc(C)cn3c2n1. The number of halogens is 2. The predicted octanol–water partition coefficient (Wildman–Crippen LogP) is 4.06. The lowest BCUT2D eigenvalue weighted by atomic mass is 10.0. The zero-order valence-electron chi connectivity index (χ0n) is 20.3. The predicted molar refractivity (Wildman–Crippen MR) is 142 cm³/mol. The topological polar surface area (TPSA) is 112 Å². The van der Waals surface area contributed by atoms with Crippen molar-refractivity contribution in [1.29, 1.82) is 0 Å². The number of amides is 1. The van der Waals surface area contributed by atoms with E-state index < -0.39 is 0 Å². The monoisotopic (exact) mass is 542 g/mol. The van der Waals surface area contributed by atoms with Crippen molar-refractivity contribution >= 4 is 51.7 Å². The second kappa shape index (κ2) is 10.0. The summed E-state index contributed by atoms with van der Waals surface area (Å²) in [6.07, 6.45) is 4.81. The van der Waals surface area contributed by atoms with E-state index in [2.05, 4.69) is 22.2 Å². The summed E-state index contributed by atoms with van der Waals surface area (Å²) in [5.74, 6) is 0.968. The van der Waals surface area contributed by atoms with E-state index in [0.29, 0.717) is 63.1 Å². The van der Waals surface area contributed by atoms with E-state index in [-0.39, 0.29) is 18.0 Å². The summed E-state index contributed by atoms with van der Waals surface area (Å²) >= 11 is 13.5. The van der Waals surface area contributed by atoms with Gasteiger partial charge in [-0.05, 0) is 19.1 Å². The lowest BCUT2D eigenvalue weighted by molar-refractivity contribution is -0.117. The molecule has 1 saturated heterocycles. The van der Waals surface area contributed by atoms with Gasteiger partial charge in [-0.2, -0.15) is 4.98 Å². The second-order valence-corrected chi connectivity index (χ2v) is 9.25. The van der Waals surface area contributed by atoms with Crippen molar-refractivity contribution < 1.29 is 19.0 Å². The third-order valence-corrected chi connectivity index (χ3v) is 6.89. The van der Waals surface area contributed by atoms with E-state index in [1.165, 1.54) is 20.3 Å². The minimum absolute atomic E-state index is 0.206. The number of aromatic nitrogens is 4. The fraction of sp³-hybridized carbons (Fsp3) is 0.280. The van der Waals surface area contributed by atoms with Gasteiger partial charge in [-0.1, -0.05) is 29.8 Å². The Morgan fingerprint density at radius 1 is 1.14 bits per heavy atom. The smallest absolute Gasteiger partial charge is 0.243 e. The molecule has 5 rings (SSSR count). The molecule has 0 bridgehead atoms. The Morgan fingerprint density at radius 2 is 1.84 bits per heavy atom. The first-order valence-corrected chi connectivity index (χ1v) is 12.1. The average molecular weight is 543 g/mol. The van der Waals surface area contributed by atoms with Crippen molar-refractivity contribution in [3.63, 3.8) is 0 Å². The van der Waals surface area contributed by atoms with E-state index >= 15 is 0 Å². The molecule has 0 saturated carbocycles. The van der Waals surface area contributed by atoms with Crippen molar-refractivity contribution in [1.82, 2.24) is 24.7 Å². The fourth-order valence-corrected chi connectivity index (χ4v) is 5.07. The third-order valence-electron chi connectivity index (χ3n) is 6.14. The first kappa shape index (κ1) is 25.1. The number of imidazole rings is 1. The van der Waals surface area contributed by atoms with Crippen molar-refractivity contribution in [2.24, 2.45) is 0 Å². The molecule has 4 heterocycles. The number of pyridine rings is 1. The van der Waals surface area contributed by atoms with E-state index in [9.17, 15) is 4.79 Å². The van der Waals surface area contributed by atoms with Gasteiger partial charge in [0, 0.05) is 35.0 Å². The lowest BCUT2D eigenvalue weighted by Crippen LogP contribution is -2.45. The van der Waals surface area contributed by atoms with Crippen LogP contribution in [-0.2, 0) is 9.53 Å². The van der Waals surface area contributed by atoms with Crippen LogP contribution in [0.2, 0.25) is 10.0 Å². The van der Waals surface area contributed by atoms with Crippen LogP contribution in [0, 0.1) is 6.92 Å². The summed E-state index contributed by atoms with van der Waals surface area (Å²) in [4.78, 5) is 25.8. The second-order valence-electron chi connectivity index (χ2n) is 8.50. The highest BCUT2D eigenvalue weighted by Crippen LogP contribution is 2.47. The van der Waals surface area contributed by atoms with Gasteiger partial charge in [-0.25, -0.2) is 9.97 Å². The molecule has 0 radical (unpaired) electrons. The molecule has 1 amide bonds. The summed E-state index contributed by atoms with van der Waals surface area (Å²) < 4.78 is 18.3. The van der Waals surface area contributed by atoms with E-state index in [4.69, 9.17) is 47.4 Å². The van der Waals surface area contributed by atoms with Crippen LogP contribution in [0.3, 0.4) is 0 Å². The zero-order chi connectivity index (χ0) is 26.3. The van der Waals surface area contributed by atoms with Crippen LogP contribution in [0.5, 0.6) is 11.5 Å². The Morgan fingerprint density at radius 3 is 2.51 bits per heavy atom. The molecule has 1 aliphatic rings. The molecule has 0 unspecified atom stereocenters. The Hall–Kier alpha value is -3.60. The standard InChI is InChI=1S/C25H24Cl2N6O4/c1-5-19(34)30-15-10-37-11-16(15)31-25-28-8-13-6-14(24-29-12(2)9-33(24)23(13)32-25)20-21(26)17(35-3)7-18(36-4)22(20)27/h5-9,15-16H,1,10-11H2,2-4H3,(H,30,34)(H,28,31,32)/t15-,16+/m1/s1. The molecule has 1 aromatic carbocycles. The maximum Gasteiger partial charge on any atom is 0.243 e. The van der Waals surface area contributed by atoms with Gasteiger partial charge >= 0.3 is 0 Å². The molecule has 0 spiro atoms. The van der Waals surface area contributed by atoms with Crippen LogP contribution in [0.25, 0.3) is 27.8 Å². The molecule has 10 nitrogen and oxygen atoms in total. The Labute approximate surface area is 222 Å². The summed E-state index contributed by atoms with van der Waals surface area (Å²) in [7, 11) is 3.05. The van der Waals surface area contributed by atoms with Crippen LogP contribution in [0.4, 0.5) is 5.95 Å². The van der Waals surface area contributed by atoms with Crippen molar-refractivity contribution in [2.45, 2.75) is 19.0 Å². The van der Waals surface area contributed by atoms with Gasteiger partial charge in [0.05, 0.1) is 55.3 Å². The first-order valence-electron chi connectivity index (χ1n) is 11.4. The van der Waals surface area contributed by atoms with Gasteiger partial charge in [0.2, 0.25) is 11.9 Å². The zero-order valence-corrected chi connectivity index (χ0v) is 21.9. The summed E-state index contributed by atoms with van der Waals surface area (Å²) in [6, 6.07) is 3.08. The Bertz CT molecular complexity index is 1510. The number of ether oxygens (including phenoxy) is 3. The van der Waals surface area contributed by atoms with Gasteiger partial charge in [-0.15, -0.1) is 0 Å². The van der Waals surface area contributed by atoms with Crippen LogP contribution < -0.4 is 20.1 Å². The summed E-state index contributed by atoms with van der Waals surface area (Å²) in [5, 5.41) is 7.54. The number of nitrogens with one attached hydrogen (secondary N) is 2. The molecule has 2 N–H and O–H groups in total. The van der Waals surface area contributed by atoms with Gasteiger partial charge in [0.1, 0.15) is 17.1 Å². The molecular formula is C25H24Cl2N6O4. The minimum atomic E-state index is -0.267. The van der Waals surface area contributed by atoms with Crippen molar-refractivity contribution in [3.8, 4) is 22.6 Å². The molecule has 37 heavy (non-hydrogen) atoms. The summed E-state index contributed by atoms with van der Waals surface area (Å²) in [5.41, 5.74) is 3.22. The Balaban J connectivity index is 1.62. The number of aryl methyl sites for hydroxylation is 1. The number of carbonyl (C=O) groups excluding carboxylic acids is 1. The molecular weight excluding hydrogens is 519 g/mol. The van der Waals surface area contributed by atoms with Crippen molar-refractivity contribution in [2.75, 3.05) is 32.8 Å². The number of fused-ring (bicyclic) bond motifs is 3. The molecule has 1 aliphatic heterocycles. The largest absolute Gasteiger partial charge is 0.495 e. The molecule has 1 fully saturated rings. The molecule has 2 atom stereocenters. The molecule has 192 valence electrons. The number of methoxy groups -OCH3 is 2. The van der Waals surface area contributed by atoms with E-state index in [0.717, 1.165) is 11.1 Å². The average Bonchev–Trinajstić information content (AvgIpc) is 3.50. The van der Waals surface area contributed by atoms with E-state index in [1.807, 2.05) is 23.6 Å². The van der Waals surface area contributed by atoms with E-state index in [1.54, 1.807) is 12.3 Å². The number of rotatable bonds is 7. The van der Waals surface area contributed by atoms with Gasteiger partial charge in [-0.3, -0.25) is 9.20 Å². The normalized spacial score (nSPS) is 17.2. The third kappa shape index (κ3) is 4.52. The Kier molecular flexibility index (Phi) is 6.80. The van der Waals surface area contributed by atoms with Crippen LogP contribution >= 0.6 is 23.2 Å². The molecule has 0 aliphatic carbocycles. The number of nitrogens with zero attached hydrogens (tertiary/aromatic N) is 4. The van der Waals surface area contributed by atoms with Gasteiger partial charge < -0.3 is 24.8 Å². The highest BCUT2D eigenvalue weighted by atomic mass is 35.5. The number of carbonyl (C=O) groups is 1. The fourth-order valence-electron chi connectivity index (χ4n) is 4.37. The number of hydrogen-bond donors (Lipinski definition) is 2. The number of anilines is 1.